The number of carboxylic acid groups (broad SMARTS) is 1. The van der Waals surface area contributed by atoms with Gasteiger partial charge < -0.3 is 30.3 Å². The number of nitrogens with zero attached hydrogens (tertiary/aromatic N) is 2. The third-order valence-corrected chi connectivity index (χ3v) is 9.85. The molecule has 9 nitrogen and oxygen atoms in total. The van der Waals surface area contributed by atoms with E-state index in [9.17, 15) is 10.2 Å². The largest absolute Gasteiger partial charge is 0.507 e. The van der Waals surface area contributed by atoms with Gasteiger partial charge in [-0.1, -0.05) is 129 Å². The number of hydrogen-bond acceptors (Lipinski definition) is 7. The van der Waals surface area contributed by atoms with Crippen molar-refractivity contribution in [2.75, 3.05) is 13.2 Å². The molecule has 1 aliphatic carbocycles. The van der Waals surface area contributed by atoms with E-state index in [1.54, 1.807) is 0 Å². The molecule has 1 radical (unpaired) electrons. The molecule has 4 atom stereocenters. The first kappa shape index (κ1) is 56.3. The molecule has 57 heavy (non-hydrogen) atoms. The first-order chi connectivity index (χ1) is 24.8. The number of rotatable bonds is 6. The zero-order valence-electron chi connectivity index (χ0n) is 37.2. The Labute approximate surface area is 357 Å². The minimum Gasteiger partial charge on any atom is -0.507 e. The molecule has 3 fully saturated rings. The van der Waals surface area contributed by atoms with E-state index in [0.29, 0.717) is 23.7 Å². The average Bonchev–Trinajstić information content (AvgIpc) is 3.97. The van der Waals surface area contributed by atoms with Crippen LogP contribution in [-0.2, 0) is 52.7 Å². The summed E-state index contributed by atoms with van der Waals surface area (Å²) in [6.45, 7) is 33.4. The van der Waals surface area contributed by atoms with Gasteiger partial charge in [0, 0.05) is 58.4 Å². The van der Waals surface area contributed by atoms with Crippen LogP contribution in [0.25, 0.3) is 0 Å². The van der Waals surface area contributed by atoms with Crippen molar-refractivity contribution in [1.82, 2.24) is 0 Å². The van der Waals surface area contributed by atoms with Crippen molar-refractivity contribution in [2.45, 2.75) is 196 Å². The summed E-state index contributed by atoms with van der Waals surface area (Å²) in [7, 11) is 0. The Kier molecular flexibility index (Phi) is 23.5. The van der Waals surface area contributed by atoms with Crippen molar-refractivity contribution < 1.29 is 51.8 Å². The van der Waals surface area contributed by atoms with Crippen LogP contribution in [0.1, 0.15) is 183 Å². The summed E-state index contributed by atoms with van der Waals surface area (Å²) < 4.78 is 9.72. The van der Waals surface area contributed by atoms with Crippen molar-refractivity contribution in [2.24, 2.45) is 9.98 Å². The first-order valence-electron chi connectivity index (χ1n) is 20.0. The molecule has 2 aromatic rings. The Bertz CT molecular complexity index is 1450. The third-order valence-electron chi connectivity index (χ3n) is 9.85. The number of benzene rings is 2. The quantitative estimate of drug-likeness (QED) is 0.194. The van der Waals surface area contributed by atoms with E-state index in [1.165, 1.54) is 24.0 Å². The molecule has 2 aliphatic heterocycles. The van der Waals surface area contributed by atoms with Crippen LogP contribution in [0.2, 0.25) is 0 Å². The van der Waals surface area contributed by atoms with Gasteiger partial charge in [0.15, 0.2) is 0 Å². The summed E-state index contributed by atoms with van der Waals surface area (Å²) in [6.07, 6.45) is 11.6. The second-order valence-corrected chi connectivity index (χ2v) is 19.1. The Balaban J connectivity index is 0. The first-order valence-corrected chi connectivity index (χ1v) is 20.0. The second kappa shape index (κ2) is 23.7. The van der Waals surface area contributed by atoms with Crippen LogP contribution in [0.5, 0.6) is 11.5 Å². The molecule has 2 heterocycles. The number of carbonyl (C=O) groups is 1. The number of epoxide rings is 2. The monoisotopic (exact) mass is 844 g/mol. The van der Waals surface area contributed by atoms with Crippen molar-refractivity contribution in [1.29, 1.82) is 0 Å². The van der Waals surface area contributed by atoms with Gasteiger partial charge in [0.05, 0.1) is 37.5 Å². The molecule has 0 aromatic heterocycles. The molecular formula is C47H80CoN2O7. The van der Waals surface area contributed by atoms with Crippen molar-refractivity contribution in [3.05, 3.63) is 57.6 Å². The van der Waals surface area contributed by atoms with E-state index >= 15 is 0 Å². The molecule has 0 spiro atoms. The maximum atomic E-state index is 11.2. The molecule has 1 unspecified atom stereocenters. The van der Waals surface area contributed by atoms with E-state index in [0.717, 1.165) is 68.1 Å². The zero-order valence-corrected chi connectivity index (χ0v) is 38.3. The molecule has 10 heteroatoms. The standard InChI is InChI=1S/C36H54N2O2.2C4H8O.C2H4O2.CH4.Co.H2O/c1-33(2,3)25-17-23(31(39)27(19-25)35(7,8)9)21-37-29-15-13-14-16-30(29)38-22-24-18-26(34(4,5)6)20-28(32(24)40)36(10,11)12;2*1-2-4-3-5-4;1-2(3)4;;;/h17-22,29-30,39-40H,13-16H2,1-12H3;2*4H,2-3H2,1H3;1H3,(H,3,4);1H4;;1H2/t29-,30-;4-;;;;;/m11...../s1. The van der Waals surface area contributed by atoms with Gasteiger partial charge in [0.25, 0.3) is 5.97 Å². The average molecular weight is 844 g/mol. The number of aliphatic carboxylic acids is 1. The predicted octanol–water partition coefficient (Wildman–Crippen LogP) is 10.6. The van der Waals surface area contributed by atoms with E-state index < -0.39 is 5.97 Å². The van der Waals surface area contributed by atoms with E-state index in [4.69, 9.17) is 29.4 Å². The molecule has 5 rings (SSSR count). The summed E-state index contributed by atoms with van der Waals surface area (Å²) in [5, 5.41) is 29.9. The summed E-state index contributed by atoms with van der Waals surface area (Å²) in [6, 6.07) is 8.53. The summed E-state index contributed by atoms with van der Waals surface area (Å²) >= 11 is 0. The van der Waals surface area contributed by atoms with Crippen LogP contribution in [-0.4, -0.2) is 76.7 Å². The Morgan fingerprint density at radius 3 is 1.14 bits per heavy atom. The van der Waals surface area contributed by atoms with Crippen LogP contribution in [0.15, 0.2) is 34.3 Å². The van der Waals surface area contributed by atoms with Gasteiger partial charge >= 0.3 is 0 Å². The fourth-order valence-corrected chi connectivity index (χ4v) is 5.92. The Morgan fingerprint density at radius 1 is 0.667 bits per heavy atom. The molecule has 1 saturated carbocycles. The molecule has 2 saturated heterocycles. The molecule has 2 aromatic carbocycles. The van der Waals surface area contributed by atoms with Gasteiger partial charge in [-0.3, -0.25) is 14.8 Å². The number of aliphatic imine (C=N–C) groups is 2. The van der Waals surface area contributed by atoms with Crippen molar-refractivity contribution in [3.63, 3.8) is 0 Å². The van der Waals surface area contributed by atoms with Gasteiger partial charge in [-0.15, -0.1) is 0 Å². The molecule has 0 amide bonds. The minimum absolute atomic E-state index is 0. The van der Waals surface area contributed by atoms with Gasteiger partial charge in [0.1, 0.15) is 11.5 Å². The smallest absolute Gasteiger partial charge is 0.300 e. The van der Waals surface area contributed by atoms with Crippen molar-refractivity contribution in [3.8, 4) is 11.5 Å². The Hall–Kier alpha value is -2.76. The summed E-state index contributed by atoms with van der Waals surface area (Å²) in [5.41, 5.74) is 5.39. The fraction of sp³-hybridized carbons (Fsp3) is 0.681. The molecule has 329 valence electrons. The molecular weight excluding hydrogens is 763 g/mol. The maximum absolute atomic E-state index is 11.2. The second-order valence-electron chi connectivity index (χ2n) is 19.1. The fourth-order valence-electron chi connectivity index (χ4n) is 5.92. The number of phenols is 2. The zero-order chi connectivity index (χ0) is 41.2. The number of phenolic OH excluding ortho intramolecular Hbond substituents is 2. The number of carboxylic acids is 1. The van der Waals surface area contributed by atoms with Gasteiger partial charge in [-0.05, 0) is 70.6 Å². The SMILES string of the molecule is C.CC(=O)O.CC(C)(C)c1cc(C=N[C@@H]2CCCC[C@H]2N=Cc2cc(C(C)(C)C)cc(C(C)(C)C)c2O)c(O)c(C(C)(C)C)c1.CCC1CO1.CC[C@@H]1CO1.O.[Co]. The number of ether oxygens (including phenoxy) is 2. The number of hydrogen-bond donors (Lipinski definition) is 3. The van der Waals surface area contributed by atoms with Crippen LogP contribution in [0.3, 0.4) is 0 Å². The molecule has 3 aliphatic rings. The van der Waals surface area contributed by atoms with Gasteiger partial charge in [-0.25, -0.2) is 0 Å². The molecule has 5 N–H and O–H groups in total. The van der Waals surface area contributed by atoms with Crippen LogP contribution >= 0.6 is 0 Å². The van der Waals surface area contributed by atoms with Gasteiger partial charge in [-0.2, -0.15) is 0 Å². The van der Waals surface area contributed by atoms with E-state index in [-0.39, 0.29) is 63.4 Å². The third kappa shape index (κ3) is 19.7. The Morgan fingerprint density at radius 2 is 0.947 bits per heavy atom. The van der Waals surface area contributed by atoms with Crippen LogP contribution in [0.4, 0.5) is 0 Å². The normalized spacial score (nSPS) is 20.2. The predicted molar refractivity (Wildman–Crippen MR) is 236 cm³/mol. The topological polar surface area (TPSA) is 159 Å². The summed E-state index contributed by atoms with van der Waals surface area (Å²) in [4.78, 5) is 19.1. The van der Waals surface area contributed by atoms with Gasteiger partial charge in [0.2, 0.25) is 0 Å². The van der Waals surface area contributed by atoms with Crippen LogP contribution < -0.4 is 0 Å². The van der Waals surface area contributed by atoms with E-state index in [2.05, 4.69) is 121 Å². The van der Waals surface area contributed by atoms with Crippen LogP contribution in [0, 0.1) is 0 Å². The minimum atomic E-state index is -0.833. The molecule has 0 bridgehead atoms. The number of aromatic hydroxyl groups is 2. The van der Waals surface area contributed by atoms with Crippen molar-refractivity contribution >= 4 is 18.4 Å². The summed E-state index contributed by atoms with van der Waals surface area (Å²) in [5.74, 6) is -0.197. The maximum Gasteiger partial charge on any atom is 0.300 e. The van der Waals surface area contributed by atoms with E-state index in [1.807, 2.05) is 12.4 Å².